The summed E-state index contributed by atoms with van der Waals surface area (Å²) in [5.41, 5.74) is 6.32. The van der Waals surface area contributed by atoms with Gasteiger partial charge >= 0.3 is 0 Å². The molecule has 5 nitrogen and oxygen atoms in total. The van der Waals surface area contributed by atoms with Crippen LogP contribution in [0.4, 0.5) is 5.69 Å². The van der Waals surface area contributed by atoms with Gasteiger partial charge in [-0.1, -0.05) is 4.60 Å². The van der Waals surface area contributed by atoms with E-state index in [4.69, 9.17) is 10.6 Å². The zero-order chi connectivity index (χ0) is 9.80. The predicted octanol–water partition coefficient (Wildman–Crippen LogP) is 1.58. The van der Waals surface area contributed by atoms with Gasteiger partial charge in [-0.25, -0.2) is 0 Å². The molecule has 0 saturated carbocycles. The smallest absolute Gasteiger partial charge is 0.148 e. The second-order valence-corrected chi connectivity index (χ2v) is 6.51. The summed E-state index contributed by atoms with van der Waals surface area (Å²) in [6.07, 6.45) is 0. The molecule has 1 aliphatic rings. The van der Waals surface area contributed by atoms with Crippen LogP contribution in [0.15, 0.2) is 24.3 Å². The first kappa shape index (κ1) is 10.5. The minimum absolute atomic E-state index is 0.508. The van der Waals surface area contributed by atoms with E-state index in [0.29, 0.717) is 26.6 Å². The monoisotopic (exact) mass is 248 g/mol. The number of anilines is 1. The van der Waals surface area contributed by atoms with Crippen LogP contribution in [0.25, 0.3) is 0 Å². The van der Waals surface area contributed by atoms with E-state index < -0.39 is 0 Å². The number of rotatable bonds is 2. The van der Waals surface area contributed by atoms with E-state index in [9.17, 15) is 0 Å². The Balaban J connectivity index is 1.92. The van der Waals surface area contributed by atoms with E-state index in [1.54, 1.807) is 0 Å². The third-order valence-corrected chi connectivity index (χ3v) is 4.67. The lowest BCUT2D eigenvalue weighted by Gasteiger charge is -2.26. The van der Waals surface area contributed by atoms with Crippen molar-refractivity contribution in [2.75, 3.05) is 5.73 Å². The average molecular weight is 248 g/mol. The summed E-state index contributed by atoms with van der Waals surface area (Å²) in [6, 6.07) is 7.38. The molecule has 2 unspecified atom stereocenters. The van der Waals surface area contributed by atoms with Gasteiger partial charge in [-0.3, -0.25) is 9.72 Å². The van der Waals surface area contributed by atoms with Crippen LogP contribution in [0.2, 0.25) is 0 Å². The predicted molar refractivity (Wildman–Crippen MR) is 64.5 cm³/mol. The molecule has 1 fully saturated rings. The van der Waals surface area contributed by atoms with Crippen molar-refractivity contribution in [3.63, 3.8) is 0 Å². The van der Waals surface area contributed by atoms with Crippen molar-refractivity contribution in [2.45, 2.75) is 0 Å². The fraction of sp³-hybridized carbons (Fsp3) is 0. The largest absolute Gasteiger partial charge is 0.399 e. The molecule has 1 heterocycles. The fourth-order valence-corrected chi connectivity index (χ4v) is 4.50. The third kappa shape index (κ3) is 2.99. The van der Waals surface area contributed by atoms with E-state index in [1.807, 2.05) is 28.9 Å². The van der Waals surface area contributed by atoms with Crippen LogP contribution >= 0.6 is 26.6 Å². The van der Waals surface area contributed by atoms with Gasteiger partial charge in [-0.15, -0.1) is 0 Å². The Kier molecular flexibility index (Phi) is 3.89. The van der Waals surface area contributed by atoms with Crippen LogP contribution in [0, 0.1) is 0 Å². The van der Waals surface area contributed by atoms with Crippen molar-refractivity contribution in [1.82, 2.24) is 14.3 Å². The van der Waals surface area contributed by atoms with Crippen molar-refractivity contribution >= 4 is 32.3 Å². The van der Waals surface area contributed by atoms with E-state index in [-0.39, 0.29) is 0 Å². The van der Waals surface area contributed by atoms with Crippen LogP contribution < -0.4 is 20.3 Å². The first-order chi connectivity index (χ1) is 6.84. The highest BCUT2D eigenvalue weighted by Gasteiger charge is 2.10. The van der Waals surface area contributed by atoms with Crippen LogP contribution in [0.1, 0.15) is 0 Å². The minimum atomic E-state index is 0.508. The van der Waals surface area contributed by atoms with Crippen molar-refractivity contribution in [3.05, 3.63) is 24.3 Å². The number of hydrogen-bond acceptors (Lipinski definition) is 5. The Morgan fingerprint density at radius 1 is 1.14 bits per heavy atom. The quantitative estimate of drug-likeness (QED) is 0.548. The minimum Gasteiger partial charge on any atom is -0.399 e. The molecule has 2 rings (SSSR count). The van der Waals surface area contributed by atoms with Gasteiger partial charge in [0.25, 0.3) is 0 Å². The molecule has 1 aromatic rings. The molecule has 76 valence electrons. The third-order valence-electron chi connectivity index (χ3n) is 1.52. The molecule has 0 aromatic heterocycles. The maximum Gasteiger partial charge on any atom is 0.148 e. The Bertz CT molecular complexity index is 290. The Morgan fingerprint density at radius 3 is 2.43 bits per heavy atom. The first-order valence-corrected chi connectivity index (χ1v) is 6.84. The Labute approximate surface area is 87.8 Å². The number of nitrogen functional groups attached to an aromatic ring is 1. The van der Waals surface area contributed by atoms with Crippen molar-refractivity contribution in [3.8, 4) is 5.75 Å². The number of hydrogen-bond donors (Lipinski definition) is 3. The summed E-state index contributed by atoms with van der Waals surface area (Å²) in [5, 5.41) is 0. The van der Waals surface area contributed by atoms with Gasteiger partial charge in [-0.05, 0) is 24.3 Å². The van der Waals surface area contributed by atoms with Gasteiger partial charge < -0.3 is 10.6 Å². The maximum atomic E-state index is 5.59. The summed E-state index contributed by atoms with van der Waals surface area (Å²) >= 11 is 0. The Hall–Kier alpha value is -0.0100. The highest BCUT2D eigenvalue weighted by atomic mass is 31.2. The topological polar surface area (TPSA) is 62.6 Å². The summed E-state index contributed by atoms with van der Waals surface area (Å²) in [6.45, 7) is 0. The highest BCUT2D eigenvalue weighted by molar-refractivity contribution is 7.65. The van der Waals surface area contributed by atoms with E-state index >= 15 is 0 Å². The highest BCUT2D eigenvalue weighted by Crippen LogP contribution is 2.37. The van der Waals surface area contributed by atoms with Gasteiger partial charge in [0.05, 0.1) is 17.8 Å². The summed E-state index contributed by atoms with van der Waals surface area (Å²) in [5.74, 6) is 0.813. The fourth-order valence-electron chi connectivity index (χ4n) is 0.896. The lowest BCUT2D eigenvalue weighted by molar-refractivity contribution is 0.146. The number of nitrogens with two attached hydrogens (primary N) is 1. The zero-order valence-electron chi connectivity index (χ0n) is 7.24. The molecule has 2 atom stereocenters. The molecule has 4 N–H and O–H groups in total. The molecule has 0 amide bonds. The van der Waals surface area contributed by atoms with Crippen molar-refractivity contribution < 1.29 is 4.84 Å². The summed E-state index contributed by atoms with van der Waals surface area (Å²) < 4.78 is 1.86. The van der Waals surface area contributed by atoms with Crippen molar-refractivity contribution in [2.24, 2.45) is 0 Å². The normalized spacial score (nSPS) is 23.1. The number of benzene rings is 1. The molecule has 1 aromatic carbocycles. The van der Waals surface area contributed by atoms with E-state index in [0.717, 1.165) is 11.4 Å². The van der Waals surface area contributed by atoms with Crippen LogP contribution in [-0.4, -0.2) is 4.60 Å². The second kappa shape index (κ2) is 5.18. The molecular formula is C6H11N4OP3. The van der Waals surface area contributed by atoms with Gasteiger partial charge in [0.15, 0.2) is 0 Å². The molecule has 1 aliphatic heterocycles. The van der Waals surface area contributed by atoms with Gasteiger partial charge in [0, 0.05) is 14.6 Å². The van der Waals surface area contributed by atoms with Crippen LogP contribution in [0.5, 0.6) is 5.75 Å². The second-order valence-electron chi connectivity index (χ2n) is 2.55. The molecule has 8 heteroatoms. The van der Waals surface area contributed by atoms with Crippen LogP contribution in [-0.2, 0) is 0 Å². The van der Waals surface area contributed by atoms with Gasteiger partial charge in [-0.2, -0.15) is 0 Å². The molecule has 0 spiro atoms. The van der Waals surface area contributed by atoms with Crippen LogP contribution in [0.3, 0.4) is 0 Å². The van der Waals surface area contributed by atoms with Crippen molar-refractivity contribution in [1.29, 1.82) is 0 Å². The SMILES string of the molecule is Nc1ccc(ON2PNPNP2)cc1. The van der Waals surface area contributed by atoms with Gasteiger partial charge in [0.1, 0.15) is 5.75 Å². The molecule has 14 heavy (non-hydrogen) atoms. The molecule has 0 radical (unpaired) electrons. The molecule has 0 bridgehead atoms. The summed E-state index contributed by atoms with van der Waals surface area (Å²) in [7, 11) is 1.64. The number of nitrogens with zero attached hydrogens (tertiary/aromatic N) is 1. The first-order valence-electron chi connectivity index (χ1n) is 3.94. The molecule has 0 aliphatic carbocycles. The maximum absolute atomic E-state index is 5.59. The lowest BCUT2D eigenvalue weighted by Crippen LogP contribution is -2.19. The number of nitrogens with one attached hydrogen (secondary N) is 2. The standard InChI is InChI=1S/C6H11N4OP3/c7-5-1-3-6(4-2-5)11-10-13-8-12-9-14-10/h1-4,8-9,12-14H,7H2. The Morgan fingerprint density at radius 2 is 1.79 bits per heavy atom. The molecular weight excluding hydrogens is 237 g/mol. The van der Waals surface area contributed by atoms with Gasteiger partial charge in [0.2, 0.25) is 0 Å². The zero-order valence-corrected chi connectivity index (χ0v) is 10.2. The lowest BCUT2D eigenvalue weighted by atomic mass is 10.3. The van der Waals surface area contributed by atoms with E-state index in [2.05, 4.69) is 9.72 Å². The van der Waals surface area contributed by atoms with E-state index in [1.165, 1.54) is 0 Å². The summed E-state index contributed by atoms with van der Waals surface area (Å²) in [4.78, 5) is 12.0. The average Bonchev–Trinajstić information content (AvgIpc) is 2.23. The molecule has 1 saturated heterocycles.